The molecule has 9 heteroatoms. The summed E-state index contributed by atoms with van der Waals surface area (Å²) in [5.74, 6) is 1.63. The van der Waals surface area contributed by atoms with Crippen LogP contribution in [0.5, 0.6) is 0 Å². The first kappa shape index (κ1) is 13.1. The summed E-state index contributed by atoms with van der Waals surface area (Å²) in [7, 11) is 0. The number of thioether (sulfide) groups is 1. The second kappa shape index (κ2) is 4.91. The van der Waals surface area contributed by atoms with Crippen LogP contribution < -0.4 is 11.4 Å². The average molecular weight is 308 g/mol. The summed E-state index contributed by atoms with van der Waals surface area (Å²) in [5.41, 5.74) is 6.82. The summed E-state index contributed by atoms with van der Waals surface area (Å²) in [6, 6.07) is 0. The number of aromatic amines is 2. The van der Waals surface area contributed by atoms with Crippen LogP contribution in [-0.2, 0) is 5.75 Å². The number of nitrogen functional groups attached to an aromatic ring is 1. The molecule has 0 aromatic carbocycles. The van der Waals surface area contributed by atoms with Crippen LogP contribution in [0.4, 0.5) is 5.82 Å². The third kappa shape index (κ3) is 2.29. The minimum absolute atomic E-state index is 0.326. The van der Waals surface area contributed by atoms with E-state index in [1.54, 1.807) is 11.3 Å². The predicted molar refractivity (Wildman–Crippen MR) is 80.1 cm³/mol. The van der Waals surface area contributed by atoms with Gasteiger partial charge in [-0.3, -0.25) is 4.98 Å². The lowest BCUT2D eigenvalue weighted by Gasteiger charge is -2.02. The Balaban J connectivity index is 1.90. The summed E-state index contributed by atoms with van der Waals surface area (Å²) < 4.78 is 0. The Labute approximate surface area is 122 Å². The molecule has 20 heavy (non-hydrogen) atoms. The Hall–Kier alpha value is -1.87. The quantitative estimate of drug-likeness (QED) is 0.633. The number of anilines is 1. The van der Waals surface area contributed by atoms with E-state index in [2.05, 4.69) is 25.1 Å². The van der Waals surface area contributed by atoms with Crippen LogP contribution in [0.1, 0.15) is 16.3 Å². The fraction of sp³-hybridized carbons (Fsp3) is 0.273. The molecule has 0 spiro atoms. The summed E-state index contributed by atoms with van der Waals surface area (Å²) in [4.78, 5) is 24.4. The zero-order valence-electron chi connectivity index (χ0n) is 10.9. The molecule has 104 valence electrons. The first-order chi connectivity index (χ1) is 9.54. The molecule has 0 aliphatic rings. The largest absolute Gasteiger partial charge is 0.383 e. The van der Waals surface area contributed by atoms with Gasteiger partial charge in [-0.25, -0.2) is 19.9 Å². The number of hydrogen-bond acceptors (Lipinski definition) is 7. The number of aryl methyl sites for hydroxylation is 2. The van der Waals surface area contributed by atoms with Gasteiger partial charge < -0.3 is 5.73 Å². The minimum atomic E-state index is -0.326. The van der Waals surface area contributed by atoms with Crippen molar-refractivity contribution < 1.29 is 0 Å². The lowest BCUT2D eigenvalue weighted by Crippen LogP contribution is -2.01. The van der Waals surface area contributed by atoms with Crippen molar-refractivity contribution in [3.63, 3.8) is 0 Å². The third-order valence-corrected chi connectivity index (χ3v) is 4.89. The molecule has 0 saturated heterocycles. The monoisotopic (exact) mass is 308 g/mol. The topological polar surface area (TPSA) is 113 Å². The van der Waals surface area contributed by atoms with Crippen molar-refractivity contribution in [1.29, 1.82) is 0 Å². The van der Waals surface area contributed by atoms with Gasteiger partial charge >= 0.3 is 5.69 Å². The summed E-state index contributed by atoms with van der Waals surface area (Å²) >= 11 is 2.96. The Kier molecular flexibility index (Phi) is 3.22. The van der Waals surface area contributed by atoms with Gasteiger partial charge in [-0.15, -0.1) is 16.4 Å². The molecule has 0 fully saturated rings. The van der Waals surface area contributed by atoms with E-state index in [1.807, 2.05) is 13.8 Å². The summed E-state index contributed by atoms with van der Waals surface area (Å²) in [5, 5.41) is 7.58. The second-order valence-corrected chi connectivity index (χ2v) is 6.43. The number of hydrogen-bond donors (Lipinski definition) is 3. The number of nitrogens with zero attached hydrogens (tertiary/aromatic N) is 3. The van der Waals surface area contributed by atoms with Gasteiger partial charge in [0.15, 0.2) is 5.16 Å². The SMILES string of the molecule is Cc1sc2nc(CSc3n[nH]c(=O)[nH]3)nc(N)c2c1C. The normalized spacial score (nSPS) is 11.3. The third-order valence-electron chi connectivity index (χ3n) is 2.92. The number of aromatic nitrogens is 5. The van der Waals surface area contributed by atoms with E-state index < -0.39 is 0 Å². The highest BCUT2D eigenvalue weighted by atomic mass is 32.2. The molecule has 3 aromatic heterocycles. The van der Waals surface area contributed by atoms with Gasteiger partial charge in [0.05, 0.1) is 11.1 Å². The summed E-state index contributed by atoms with van der Waals surface area (Å²) in [6.07, 6.45) is 0. The van der Waals surface area contributed by atoms with Crippen LogP contribution in [0.3, 0.4) is 0 Å². The van der Waals surface area contributed by atoms with Gasteiger partial charge in [0.2, 0.25) is 0 Å². The van der Waals surface area contributed by atoms with Crippen molar-refractivity contribution >= 4 is 39.1 Å². The van der Waals surface area contributed by atoms with E-state index in [4.69, 9.17) is 5.73 Å². The van der Waals surface area contributed by atoms with E-state index in [-0.39, 0.29) is 5.69 Å². The molecule has 0 saturated carbocycles. The highest BCUT2D eigenvalue weighted by Gasteiger charge is 2.13. The average Bonchev–Trinajstić information content (AvgIpc) is 2.92. The number of fused-ring (bicyclic) bond motifs is 1. The maximum atomic E-state index is 10.9. The number of nitrogens with two attached hydrogens (primary N) is 1. The van der Waals surface area contributed by atoms with Gasteiger partial charge in [0, 0.05) is 4.88 Å². The van der Waals surface area contributed by atoms with E-state index in [0.29, 0.717) is 22.6 Å². The molecule has 0 atom stereocenters. The molecule has 0 bridgehead atoms. The number of rotatable bonds is 3. The van der Waals surface area contributed by atoms with Crippen molar-refractivity contribution in [2.75, 3.05) is 5.73 Å². The van der Waals surface area contributed by atoms with E-state index in [1.165, 1.54) is 16.6 Å². The van der Waals surface area contributed by atoms with Crippen LogP contribution in [0.25, 0.3) is 10.2 Å². The molecular formula is C11H12N6OS2. The van der Waals surface area contributed by atoms with Gasteiger partial charge in [-0.05, 0) is 19.4 Å². The minimum Gasteiger partial charge on any atom is -0.383 e. The standard InChI is InChI=1S/C11H12N6OS2/c1-4-5(2)20-9-7(4)8(12)13-6(14-9)3-19-11-15-10(18)16-17-11/h3H2,1-2H3,(H2,12,13,14)(H2,15,16,17,18). The predicted octanol–water partition coefficient (Wildman–Crippen LogP) is 1.59. The zero-order chi connectivity index (χ0) is 14.3. The van der Waals surface area contributed by atoms with Crippen molar-refractivity contribution in [3.05, 3.63) is 26.7 Å². The van der Waals surface area contributed by atoms with Gasteiger partial charge in [0.25, 0.3) is 0 Å². The molecule has 0 radical (unpaired) electrons. The van der Waals surface area contributed by atoms with Gasteiger partial charge in [-0.2, -0.15) is 0 Å². The van der Waals surface area contributed by atoms with Crippen molar-refractivity contribution in [2.45, 2.75) is 24.8 Å². The van der Waals surface area contributed by atoms with Gasteiger partial charge in [0.1, 0.15) is 16.5 Å². The maximum Gasteiger partial charge on any atom is 0.341 e. The Morgan fingerprint density at radius 3 is 2.85 bits per heavy atom. The smallest absolute Gasteiger partial charge is 0.341 e. The number of thiophene rings is 1. The lowest BCUT2D eigenvalue weighted by molar-refractivity contribution is 0.966. The zero-order valence-corrected chi connectivity index (χ0v) is 12.5. The van der Waals surface area contributed by atoms with Crippen LogP contribution in [-0.4, -0.2) is 25.1 Å². The molecular weight excluding hydrogens is 296 g/mol. The molecule has 0 aliphatic carbocycles. The maximum absolute atomic E-state index is 10.9. The molecule has 0 amide bonds. The highest BCUT2D eigenvalue weighted by Crippen LogP contribution is 2.32. The first-order valence-electron chi connectivity index (χ1n) is 5.84. The van der Waals surface area contributed by atoms with Gasteiger partial charge in [-0.1, -0.05) is 11.8 Å². The number of nitrogens with one attached hydrogen (secondary N) is 2. The Bertz CT molecular complexity index is 833. The second-order valence-electron chi connectivity index (χ2n) is 4.26. The molecule has 7 nitrogen and oxygen atoms in total. The van der Waals surface area contributed by atoms with Crippen LogP contribution >= 0.6 is 23.1 Å². The van der Waals surface area contributed by atoms with E-state index in [9.17, 15) is 4.79 Å². The van der Waals surface area contributed by atoms with Crippen LogP contribution in [0.2, 0.25) is 0 Å². The van der Waals surface area contributed by atoms with Crippen LogP contribution in [0.15, 0.2) is 9.95 Å². The molecule has 4 N–H and O–H groups in total. The molecule has 0 aliphatic heterocycles. The Morgan fingerprint density at radius 2 is 2.15 bits per heavy atom. The fourth-order valence-electron chi connectivity index (χ4n) is 1.85. The van der Waals surface area contributed by atoms with E-state index >= 15 is 0 Å². The van der Waals surface area contributed by atoms with Crippen molar-refractivity contribution in [2.24, 2.45) is 0 Å². The molecule has 0 unspecified atom stereocenters. The lowest BCUT2D eigenvalue weighted by atomic mass is 10.2. The molecule has 3 rings (SSSR count). The molecule has 3 aromatic rings. The fourth-order valence-corrected chi connectivity index (χ4v) is 3.57. The van der Waals surface area contributed by atoms with Crippen molar-refractivity contribution in [3.8, 4) is 0 Å². The first-order valence-corrected chi connectivity index (χ1v) is 7.64. The Morgan fingerprint density at radius 1 is 1.35 bits per heavy atom. The van der Waals surface area contributed by atoms with Crippen molar-refractivity contribution in [1.82, 2.24) is 25.1 Å². The molecule has 3 heterocycles. The number of H-pyrrole nitrogens is 2. The van der Waals surface area contributed by atoms with Crippen LogP contribution in [0, 0.1) is 13.8 Å². The highest BCUT2D eigenvalue weighted by molar-refractivity contribution is 7.98. The summed E-state index contributed by atoms with van der Waals surface area (Å²) in [6.45, 7) is 4.07. The van der Waals surface area contributed by atoms with E-state index in [0.717, 1.165) is 15.8 Å².